The Bertz CT molecular complexity index is 2070. The van der Waals surface area contributed by atoms with Crippen molar-refractivity contribution in [3.8, 4) is 33.9 Å². The molecule has 8 aromatic rings. The number of aromatic nitrogens is 3. The van der Waals surface area contributed by atoms with E-state index in [1.165, 1.54) is 43.7 Å². The number of benzene rings is 5. The minimum Gasteiger partial charge on any atom is -0.308 e. The third kappa shape index (κ3) is 3.09. The van der Waals surface area contributed by atoms with Crippen LogP contribution in [0.2, 0.25) is 0 Å². The van der Waals surface area contributed by atoms with Crippen molar-refractivity contribution < 1.29 is 0 Å². The van der Waals surface area contributed by atoms with E-state index in [9.17, 15) is 0 Å². The van der Waals surface area contributed by atoms with Gasteiger partial charge in [-0.15, -0.1) is 0 Å². The summed E-state index contributed by atoms with van der Waals surface area (Å²) in [5.41, 5.74) is 10.0. The third-order valence-electron chi connectivity index (χ3n) is 7.58. The smallest absolute Gasteiger partial charge is 0.160 e. The standard InChI is InChI=1S/C35H23N3/c1-22-16-17-33-27(18-22)29-20-25(19-28-26-14-8-9-15-32(26)38(33)34(28)29)35-36-30(23-10-4-2-5-11-23)21-31(37-35)24-12-6-3-7-13-24/h2-21H,1H3. The lowest BCUT2D eigenvalue weighted by Gasteiger charge is -2.10. The van der Waals surface area contributed by atoms with E-state index in [-0.39, 0.29) is 0 Å². The predicted molar refractivity (Wildman–Crippen MR) is 158 cm³/mol. The molecule has 0 N–H and O–H groups in total. The van der Waals surface area contributed by atoms with Gasteiger partial charge in [-0.25, -0.2) is 9.97 Å². The number of hydrogen-bond acceptors (Lipinski definition) is 2. The van der Waals surface area contributed by atoms with Gasteiger partial charge in [-0.05, 0) is 43.3 Å². The van der Waals surface area contributed by atoms with Crippen LogP contribution in [0.5, 0.6) is 0 Å². The van der Waals surface area contributed by atoms with Crippen LogP contribution < -0.4 is 0 Å². The van der Waals surface area contributed by atoms with Crippen molar-refractivity contribution in [2.45, 2.75) is 6.92 Å². The summed E-state index contributed by atoms with van der Waals surface area (Å²) in [6.45, 7) is 2.16. The average Bonchev–Trinajstić information content (AvgIpc) is 3.49. The number of aryl methyl sites for hydroxylation is 1. The molecule has 0 spiro atoms. The van der Waals surface area contributed by atoms with Crippen LogP contribution in [0.4, 0.5) is 0 Å². The summed E-state index contributed by atoms with van der Waals surface area (Å²) in [5.74, 6) is 0.737. The van der Waals surface area contributed by atoms with Gasteiger partial charge in [0.05, 0.1) is 27.9 Å². The highest BCUT2D eigenvalue weighted by molar-refractivity contribution is 6.24. The zero-order valence-electron chi connectivity index (χ0n) is 20.9. The fourth-order valence-corrected chi connectivity index (χ4v) is 5.83. The minimum atomic E-state index is 0.737. The molecular weight excluding hydrogens is 462 g/mol. The monoisotopic (exact) mass is 485 g/mol. The first-order valence-electron chi connectivity index (χ1n) is 12.9. The van der Waals surface area contributed by atoms with Gasteiger partial charge in [0.25, 0.3) is 0 Å². The molecule has 0 fully saturated rings. The summed E-state index contributed by atoms with van der Waals surface area (Å²) < 4.78 is 2.41. The molecule has 0 unspecified atom stereocenters. The minimum absolute atomic E-state index is 0.737. The third-order valence-corrected chi connectivity index (χ3v) is 7.58. The Kier molecular flexibility index (Phi) is 4.44. The SMILES string of the molecule is Cc1ccc2c(c1)c1cc(-c3nc(-c4ccccc4)cc(-c4ccccc4)n3)cc3c4ccccc4n2c31. The molecule has 38 heavy (non-hydrogen) atoms. The maximum Gasteiger partial charge on any atom is 0.160 e. The lowest BCUT2D eigenvalue weighted by atomic mass is 10.0. The van der Waals surface area contributed by atoms with Crippen molar-refractivity contribution in [1.82, 2.24) is 14.4 Å². The molecular formula is C35H23N3. The van der Waals surface area contributed by atoms with Gasteiger partial charge >= 0.3 is 0 Å². The van der Waals surface area contributed by atoms with Gasteiger partial charge in [0.2, 0.25) is 0 Å². The van der Waals surface area contributed by atoms with Crippen molar-refractivity contribution in [3.05, 3.63) is 127 Å². The van der Waals surface area contributed by atoms with Gasteiger partial charge in [0, 0.05) is 38.2 Å². The van der Waals surface area contributed by atoms with Crippen LogP contribution in [-0.2, 0) is 0 Å². The first kappa shape index (κ1) is 21.1. The molecule has 0 saturated heterocycles. The van der Waals surface area contributed by atoms with Crippen molar-refractivity contribution in [3.63, 3.8) is 0 Å². The molecule has 3 heterocycles. The highest BCUT2D eigenvalue weighted by Crippen LogP contribution is 2.41. The van der Waals surface area contributed by atoms with Crippen LogP contribution in [0.3, 0.4) is 0 Å². The quantitative estimate of drug-likeness (QED) is 0.250. The number of rotatable bonds is 3. The molecule has 0 radical (unpaired) electrons. The van der Waals surface area contributed by atoms with Crippen LogP contribution >= 0.6 is 0 Å². The zero-order valence-corrected chi connectivity index (χ0v) is 20.9. The van der Waals surface area contributed by atoms with Gasteiger partial charge < -0.3 is 4.40 Å². The maximum absolute atomic E-state index is 5.12. The summed E-state index contributed by atoms with van der Waals surface area (Å²) in [6, 6.07) is 42.8. The largest absolute Gasteiger partial charge is 0.308 e. The first-order chi connectivity index (χ1) is 18.7. The normalized spacial score (nSPS) is 11.8. The topological polar surface area (TPSA) is 30.2 Å². The average molecular weight is 486 g/mol. The molecule has 3 heteroatoms. The Balaban J connectivity index is 1.48. The molecule has 178 valence electrons. The van der Waals surface area contributed by atoms with Gasteiger partial charge in [-0.1, -0.05) is 90.5 Å². The molecule has 0 aliphatic heterocycles. The summed E-state index contributed by atoms with van der Waals surface area (Å²) >= 11 is 0. The molecule has 0 saturated carbocycles. The molecule has 3 aromatic heterocycles. The van der Waals surface area contributed by atoms with Crippen molar-refractivity contribution >= 4 is 38.1 Å². The number of para-hydroxylation sites is 1. The fraction of sp³-hybridized carbons (Fsp3) is 0.0286. The van der Waals surface area contributed by atoms with Gasteiger partial charge in [0.15, 0.2) is 5.82 Å². The van der Waals surface area contributed by atoms with Crippen molar-refractivity contribution in [2.24, 2.45) is 0 Å². The number of fused-ring (bicyclic) bond motifs is 6. The van der Waals surface area contributed by atoms with E-state index in [1.807, 2.05) is 12.1 Å². The van der Waals surface area contributed by atoms with Gasteiger partial charge in [-0.2, -0.15) is 0 Å². The van der Waals surface area contributed by atoms with E-state index >= 15 is 0 Å². The molecule has 0 aliphatic carbocycles. The Labute approximate surface area is 220 Å². The Morgan fingerprint density at radius 1 is 0.474 bits per heavy atom. The van der Waals surface area contributed by atoms with Crippen LogP contribution in [0.25, 0.3) is 72.0 Å². The van der Waals surface area contributed by atoms with E-state index in [4.69, 9.17) is 9.97 Å². The first-order valence-corrected chi connectivity index (χ1v) is 12.9. The molecule has 0 atom stereocenters. The lowest BCUT2D eigenvalue weighted by molar-refractivity contribution is 1.19. The number of hydrogen-bond donors (Lipinski definition) is 0. The summed E-state index contributed by atoms with van der Waals surface area (Å²) in [5, 5.41) is 4.98. The maximum atomic E-state index is 5.12. The second kappa shape index (κ2) is 7.99. The van der Waals surface area contributed by atoms with Gasteiger partial charge in [0.1, 0.15) is 0 Å². The van der Waals surface area contributed by atoms with Crippen molar-refractivity contribution in [2.75, 3.05) is 0 Å². The fourth-order valence-electron chi connectivity index (χ4n) is 5.83. The zero-order chi connectivity index (χ0) is 25.2. The Morgan fingerprint density at radius 3 is 1.74 bits per heavy atom. The highest BCUT2D eigenvalue weighted by atomic mass is 14.9. The molecule has 0 amide bonds. The molecule has 5 aromatic carbocycles. The highest BCUT2D eigenvalue weighted by Gasteiger charge is 2.20. The van der Waals surface area contributed by atoms with E-state index in [1.54, 1.807) is 0 Å². The summed E-state index contributed by atoms with van der Waals surface area (Å²) in [4.78, 5) is 10.2. The van der Waals surface area contributed by atoms with Crippen LogP contribution in [0.15, 0.2) is 121 Å². The summed E-state index contributed by atoms with van der Waals surface area (Å²) in [7, 11) is 0. The van der Waals surface area contributed by atoms with Crippen LogP contribution in [0, 0.1) is 6.92 Å². The van der Waals surface area contributed by atoms with E-state index in [0.29, 0.717) is 0 Å². The lowest BCUT2D eigenvalue weighted by Crippen LogP contribution is -1.96. The Hall–Kier alpha value is -5.02. The number of nitrogens with zero attached hydrogens (tertiary/aromatic N) is 3. The molecule has 0 bridgehead atoms. The molecule has 0 aliphatic rings. The molecule has 8 rings (SSSR count). The van der Waals surface area contributed by atoms with Gasteiger partial charge in [-0.3, -0.25) is 0 Å². The van der Waals surface area contributed by atoms with Crippen molar-refractivity contribution in [1.29, 1.82) is 0 Å². The molecule has 3 nitrogen and oxygen atoms in total. The predicted octanol–water partition coefficient (Wildman–Crippen LogP) is 8.94. The van der Waals surface area contributed by atoms with E-state index < -0.39 is 0 Å². The van der Waals surface area contributed by atoms with E-state index in [0.717, 1.165) is 33.9 Å². The van der Waals surface area contributed by atoms with Crippen LogP contribution in [-0.4, -0.2) is 14.4 Å². The summed E-state index contributed by atoms with van der Waals surface area (Å²) in [6.07, 6.45) is 0. The second-order valence-electron chi connectivity index (χ2n) is 9.99. The Morgan fingerprint density at radius 2 is 1.05 bits per heavy atom. The van der Waals surface area contributed by atoms with Crippen LogP contribution in [0.1, 0.15) is 5.56 Å². The second-order valence-corrected chi connectivity index (χ2v) is 9.99. The van der Waals surface area contributed by atoms with E-state index in [2.05, 4.69) is 121 Å².